The van der Waals surface area contributed by atoms with Gasteiger partial charge in [0, 0.05) is 31.2 Å². The smallest absolute Gasteiger partial charge is 0.191 e. The van der Waals surface area contributed by atoms with Crippen LogP contribution in [0.2, 0.25) is 0 Å². The lowest BCUT2D eigenvalue weighted by molar-refractivity contribution is 0.229. The predicted octanol–water partition coefficient (Wildman–Crippen LogP) is 2.54. The number of nitrogens with one attached hydrogen (secondary N) is 3. The molecule has 0 saturated heterocycles. The Bertz CT molecular complexity index is 514. The van der Waals surface area contributed by atoms with Crippen LogP contribution in [0.4, 0.5) is 4.39 Å². The Balaban J connectivity index is 2.43. The van der Waals surface area contributed by atoms with Crippen LogP contribution in [-0.2, 0) is 0 Å². The number of benzene rings is 1. The van der Waals surface area contributed by atoms with E-state index in [4.69, 9.17) is 4.74 Å². The van der Waals surface area contributed by atoms with Gasteiger partial charge in [0.1, 0.15) is 17.7 Å². The molecule has 1 unspecified atom stereocenters. The molecule has 136 valence electrons. The van der Waals surface area contributed by atoms with Gasteiger partial charge in [0.05, 0.1) is 6.54 Å². The molecule has 6 heteroatoms. The fourth-order valence-electron chi connectivity index (χ4n) is 1.99. The second-order valence-electron chi connectivity index (χ2n) is 6.71. The van der Waals surface area contributed by atoms with Crippen molar-refractivity contribution < 1.29 is 9.13 Å². The molecule has 5 nitrogen and oxygen atoms in total. The van der Waals surface area contributed by atoms with Crippen molar-refractivity contribution in [1.29, 1.82) is 0 Å². The van der Waals surface area contributed by atoms with Crippen LogP contribution in [0.15, 0.2) is 29.3 Å². The van der Waals surface area contributed by atoms with Crippen molar-refractivity contribution in [3.05, 3.63) is 30.1 Å². The lowest BCUT2D eigenvalue weighted by Crippen LogP contribution is -2.44. The van der Waals surface area contributed by atoms with Crippen LogP contribution in [0.1, 0.15) is 34.6 Å². The maximum absolute atomic E-state index is 13.2. The number of rotatable bonds is 8. The molecule has 1 atom stereocenters. The first kappa shape index (κ1) is 20.2. The van der Waals surface area contributed by atoms with Crippen molar-refractivity contribution in [2.45, 2.75) is 46.3 Å². The highest BCUT2D eigenvalue weighted by molar-refractivity contribution is 5.79. The van der Waals surface area contributed by atoms with Crippen molar-refractivity contribution in [1.82, 2.24) is 16.0 Å². The first-order valence-corrected chi connectivity index (χ1v) is 8.49. The fourth-order valence-corrected chi connectivity index (χ4v) is 1.99. The molecule has 0 radical (unpaired) electrons. The first-order chi connectivity index (χ1) is 11.3. The summed E-state index contributed by atoms with van der Waals surface area (Å²) in [6, 6.07) is 6.15. The normalized spacial score (nSPS) is 13.5. The number of halogens is 1. The second-order valence-corrected chi connectivity index (χ2v) is 6.71. The van der Waals surface area contributed by atoms with Crippen molar-refractivity contribution >= 4 is 5.96 Å². The summed E-state index contributed by atoms with van der Waals surface area (Å²) in [7, 11) is 0. The minimum absolute atomic E-state index is 0.102. The van der Waals surface area contributed by atoms with E-state index in [1.165, 1.54) is 12.1 Å². The summed E-state index contributed by atoms with van der Waals surface area (Å²) >= 11 is 0. The number of aliphatic imine (C=N–C) groups is 1. The quantitative estimate of drug-likeness (QED) is 0.387. The van der Waals surface area contributed by atoms with Gasteiger partial charge in [-0.2, -0.15) is 0 Å². The summed E-state index contributed by atoms with van der Waals surface area (Å²) < 4.78 is 18.8. The standard InChI is InChI=1S/C18H31FN4O/c1-6-20-17(21-10-11-23-18(3,4)5)22-13-14(2)24-16-9-7-8-15(19)12-16/h7-9,12,14,23H,6,10-11,13H2,1-5H3,(H2,20,21,22). The molecule has 0 aliphatic rings. The Hall–Kier alpha value is -1.82. The number of ether oxygens (including phenoxy) is 1. The lowest BCUT2D eigenvalue weighted by atomic mass is 10.1. The van der Waals surface area contributed by atoms with Gasteiger partial charge in [-0.25, -0.2) is 9.38 Å². The minimum Gasteiger partial charge on any atom is -0.489 e. The number of hydrogen-bond donors (Lipinski definition) is 3. The largest absolute Gasteiger partial charge is 0.489 e. The van der Waals surface area contributed by atoms with Crippen LogP contribution in [0.3, 0.4) is 0 Å². The maximum Gasteiger partial charge on any atom is 0.191 e. The second kappa shape index (κ2) is 10.1. The third kappa shape index (κ3) is 9.35. The average molecular weight is 338 g/mol. The van der Waals surface area contributed by atoms with Gasteiger partial charge in [0.15, 0.2) is 5.96 Å². The van der Waals surface area contributed by atoms with E-state index in [0.29, 0.717) is 12.3 Å². The topological polar surface area (TPSA) is 57.7 Å². The Morgan fingerprint density at radius 3 is 2.62 bits per heavy atom. The van der Waals surface area contributed by atoms with E-state index < -0.39 is 0 Å². The Labute approximate surface area is 145 Å². The van der Waals surface area contributed by atoms with Gasteiger partial charge >= 0.3 is 0 Å². The zero-order valence-electron chi connectivity index (χ0n) is 15.4. The molecule has 24 heavy (non-hydrogen) atoms. The molecule has 0 heterocycles. The Morgan fingerprint density at radius 2 is 2.00 bits per heavy atom. The zero-order valence-corrected chi connectivity index (χ0v) is 15.4. The highest BCUT2D eigenvalue weighted by Gasteiger charge is 2.08. The first-order valence-electron chi connectivity index (χ1n) is 8.49. The monoisotopic (exact) mass is 338 g/mol. The summed E-state index contributed by atoms with van der Waals surface area (Å²) in [5.41, 5.74) is 0.102. The van der Waals surface area contributed by atoms with E-state index in [-0.39, 0.29) is 17.5 Å². The molecule has 0 aliphatic carbocycles. The summed E-state index contributed by atoms with van der Waals surface area (Å²) in [4.78, 5) is 4.51. The molecule has 1 aromatic rings. The lowest BCUT2D eigenvalue weighted by Gasteiger charge is -2.21. The van der Waals surface area contributed by atoms with Crippen LogP contribution >= 0.6 is 0 Å². The van der Waals surface area contributed by atoms with Gasteiger partial charge in [-0.1, -0.05) is 6.07 Å². The molecule has 3 N–H and O–H groups in total. The molecular weight excluding hydrogens is 307 g/mol. The van der Waals surface area contributed by atoms with Gasteiger partial charge < -0.3 is 20.7 Å². The summed E-state index contributed by atoms with van der Waals surface area (Å²) in [5.74, 6) is 0.970. The molecule has 0 amide bonds. The summed E-state index contributed by atoms with van der Waals surface area (Å²) in [6.45, 7) is 13.3. The van der Waals surface area contributed by atoms with Crippen molar-refractivity contribution in [3.63, 3.8) is 0 Å². The van der Waals surface area contributed by atoms with Crippen molar-refractivity contribution in [3.8, 4) is 5.75 Å². The van der Waals surface area contributed by atoms with Crippen LogP contribution < -0.4 is 20.7 Å². The average Bonchev–Trinajstić information content (AvgIpc) is 2.48. The molecule has 1 rings (SSSR count). The van der Waals surface area contributed by atoms with E-state index in [2.05, 4.69) is 41.7 Å². The Morgan fingerprint density at radius 1 is 1.25 bits per heavy atom. The molecular formula is C18H31FN4O. The van der Waals surface area contributed by atoms with Gasteiger partial charge in [0.25, 0.3) is 0 Å². The van der Waals surface area contributed by atoms with Gasteiger partial charge in [-0.05, 0) is 46.8 Å². The van der Waals surface area contributed by atoms with Crippen LogP contribution in [0.25, 0.3) is 0 Å². The van der Waals surface area contributed by atoms with Crippen molar-refractivity contribution in [2.24, 2.45) is 4.99 Å². The van der Waals surface area contributed by atoms with Crippen LogP contribution in [0.5, 0.6) is 5.75 Å². The molecule has 0 fully saturated rings. The predicted molar refractivity (Wildman–Crippen MR) is 98.2 cm³/mol. The summed E-state index contributed by atoms with van der Waals surface area (Å²) in [6.07, 6.45) is -0.144. The zero-order chi connectivity index (χ0) is 18.0. The minimum atomic E-state index is -0.301. The van der Waals surface area contributed by atoms with E-state index in [1.54, 1.807) is 12.1 Å². The van der Waals surface area contributed by atoms with Crippen LogP contribution in [0, 0.1) is 5.82 Å². The number of hydrogen-bond acceptors (Lipinski definition) is 3. The number of guanidine groups is 1. The van der Waals surface area contributed by atoms with Gasteiger partial charge in [-0.3, -0.25) is 0 Å². The highest BCUT2D eigenvalue weighted by atomic mass is 19.1. The third-order valence-electron chi connectivity index (χ3n) is 3.06. The number of nitrogens with zero attached hydrogens (tertiary/aromatic N) is 1. The molecule has 0 aromatic heterocycles. The Kier molecular flexibility index (Phi) is 8.54. The summed E-state index contributed by atoms with van der Waals surface area (Å²) in [5, 5.41) is 9.90. The van der Waals surface area contributed by atoms with Gasteiger partial charge in [0.2, 0.25) is 0 Å². The highest BCUT2D eigenvalue weighted by Crippen LogP contribution is 2.13. The molecule has 0 aliphatic heterocycles. The fraction of sp³-hybridized carbons (Fsp3) is 0.611. The molecule has 1 aromatic carbocycles. The molecule has 0 saturated carbocycles. The van der Waals surface area contributed by atoms with E-state index in [1.807, 2.05) is 13.8 Å². The molecule has 0 bridgehead atoms. The van der Waals surface area contributed by atoms with Crippen LogP contribution in [-0.4, -0.2) is 43.8 Å². The van der Waals surface area contributed by atoms with Crippen molar-refractivity contribution in [2.75, 3.05) is 26.2 Å². The van der Waals surface area contributed by atoms with E-state index in [9.17, 15) is 4.39 Å². The molecule has 0 spiro atoms. The maximum atomic E-state index is 13.2. The van der Waals surface area contributed by atoms with E-state index in [0.717, 1.165) is 25.6 Å². The third-order valence-corrected chi connectivity index (χ3v) is 3.06. The SMILES string of the molecule is CCNC(=NCC(C)Oc1cccc(F)c1)NCCNC(C)(C)C. The van der Waals surface area contributed by atoms with Gasteiger partial charge in [-0.15, -0.1) is 0 Å². The van der Waals surface area contributed by atoms with E-state index >= 15 is 0 Å².